The number of rotatable bonds is 13. The molecule has 19 atom stereocenters. The zero-order chi connectivity index (χ0) is 37.0. The van der Waals surface area contributed by atoms with Crippen molar-refractivity contribution in [3.8, 4) is 0 Å². The monoisotopic (exact) mass is 727 g/mol. The zero-order valence-corrected chi connectivity index (χ0v) is 27.2. The Morgan fingerprint density at radius 2 is 1.08 bits per heavy atom. The van der Waals surface area contributed by atoms with Crippen molar-refractivity contribution in [3.05, 3.63) is 0 Å². The van der Waals surface area contributed by atoms with Gasteiger partial charge in [-0.3, -0.25) is 9.59 Å². The molecule has 3 heterocycles. The van der Waals surface area contributed by atoms with E-state index in [0.29, 0.717) is 0 Å². The highest BCUT2D eigenvalue weighted by Crippen LogP contribution is 2.34. The van der Waals surface area contributed by atoms with Crippen LogP contribution < -0.4 is 50.8 Å². The molecule has 1 aliphatic carbocycles. The fourth-order valence-electron chi connectivity index (χ4n) is 6.29. The number of aliphatic hydroxyl groups is 6. The van der Waals surface area contributed by atoms with Crippen molar-refractivity contribution in [1.29, 1.82) is 0 Å². The Balaban J connectivity index is 1.55. The third kappa shape index (κ3) is 9.03. The lowest BCUT2D eigenvalue weighted by atomic mass is 9.84. The van der Waals surface area contributed by atoms with Crippen LogP contribution in [0.25, 0.3) is 0 Å². The summed E-state index contributed by atoms with van der Waals surface area (Å²) in [6.45, 7) is -1.50. The van der Waals surface area contributed by atoms with Gasteiger partial charge in [0.2, 0.25) is 11.8 Å². The molecule has 0 aromatic heterocycles. The van der Waals surface area contributed by atoms with Crippen molar-refractivity contribution in [1.82, 2.24) is 10.6 Å². The van der Waals surface area contributed by atoms with E-state index in [1.54, 1.807) is 0 Å². The molecule has 0 aromatic rings. The van der Waals surface area contributed by atoms with Gasteiger partial charge in [-0.25, -0.2) is 0 Å². The number of carbonyl (C=O) groups is 2. The molecule has 23 heteroatoms. The summed E-state index contributed by atoms with van der Waals surface area (Å²) in [6.07, 6.45) is -20.8. The average molecular weight is 728 g/mol. The first-order valence-electron chi connectivity index (χ1n) is 16.3. The quantitative estimate of drug-likeness (QED) is 0.0837. The van der Waals surface area contributed by atoms with Crippen LogP contribution in [0.5, 0.6) is 0 Å². The number of hydrogen-bond acceptors (Lipinski definition) is 21. The van der Waals surface area contributed by atoms with Crippen LogP contribution in [0.4, 0.5) is 0 Å². The fraction of sp³-hybridized carbons (Fsp3) is 0.926. The first kappa shape index (κ1) is 40.9. The van der Waals surface area contributed by atoms with E-state index in [2.05, 4.69) is 10.6 Å². The Hall–Kier alpha value is -1.82. The first-order valence-corrected chi connectivity index (χ1v) is 16.3. The third-order valence-electron chi connectivity index (χ3n) is 9.32. The van der Waals surface area contributed by atoms with Gasteiger partial charge in [0.25, 0.3) is 0 Å². The number of carbonyl (C=O) groups excluding carboxylic acids is 2. The Morgan fingerprint density at radius 3 is 1.60 bits per heavy atom. The maximum Gasteiger partial charge on any atom is 0.239 e. The van der Waals surface area contributed by atoms with E-state index in [4.69, 9.17) is 68.6 Å². The lowest BCUT2D eigenvalue weighted by Crippen LogP contribution is -2.68. The summed E-state index contributed by atoms with van der Waals surface area (Å²) in [7, 11) is 0. The van der Waals surface area contributed by atoms with Crippen molar-refractivity contribution in [2.45, 2.75) is 123 Å². The molecule has 2 amide bonds. The zero-order valence-electron chi connectivity index (χ0n) is 27.2. The van der Waals surface area contributed by atoms with Gasteiger partial charge in [0.15, 0.2) is 18.9 Å². The highest BCUT2D eigenvalue weighted by atomic mass is 16.8. The standard InChI is InChI=1S/C27H53N9O14/c28-2-9-17(40)19(42)14(33)25(45-9)48-22-8(32)1-7(31)16(39)24(22)50-27-21(44)23(11(47-27)5-35-13(38)6-36-12(37)4-30)49-26-15(34)20(43)18(41)10(3-29)46-26/h7-11,14-27,39-44H,1-6,28-34H2,(H,35,38)(H,36,37)/t7-,8+,9-,10+,11-,14-,15-,16+,17-,18-,19-,20-,21-,22-,23-,24-,25-,26-,27+/m1/s1. The van der Waals surface area contributed by atoms with E-state index in [0.717, 1.165) is 0 Å². The van der Waals surface area contributed by atoms with E-state index >= 15 is 0 Å². The average Bonchev–Trinajstić information content (AvgIpc) is 3.39. The minimum atomic E-state index is -1.70. The molecular formula is C27H53N9O14. The second-order valence-corrected chi connectivity index (χ2v) is 12.8. The molecule has 0 spiro atoms. The summed E-state index contributed by atoms with van der Waals surface area (Å²) in [4.78, 5) is 23.9. The lowest BCUT2D eigenvalue weighted by Gasteiger charge is -2.47. The maximum absolute atomic E-state index is 12.5. The smallest absolute Gasteiger partial charge is 0.239 e. The predicted octanol–water partition coefficient (Wildman–Crippen LogP) is -10.7. The van der Waals surface area contributed by atoms with E-state index in [9.17, 15) is 40.2 Å². The first-order chi connectivity index (χ1) is 23.6. The molecule has 22 N–H and O–H groups in total. The Bertz CT molecular complexity index is 1120. The summed E-state index contributed by atoms with van der Waals surface area (Å²) in [6, 6.07) is -4.43. The summed E-state index contributed by atoms with van der Waals surface area (Å²) >= 11 is 0. The van der Waals surface area contributed by atoms with Crippen LogP contribution in [0.1, 0.15) is 6.42 Å². The van der Waals surface area contributed by atoms with Gasteiger partial charge in [0.1, 0.15) is 67.1 Å². The Labute approximate surface area is 286 Å². The van der Waals surface area contributed by atoms with Crippen LogP contribution in [-0.4, -0.2) is 191 Å². The Morgan fingerprint density at radius 1 is 0.580 bits per heavy atom. The van der Waals surface area contributed by atoms with Gasteiger partial charge in [-0.2, -0.15) is 0 Å². The minimum Gasteiger partial charge on any atom is -0.389 e. The van der Waals surface area contributed by atoms with Crippen LogP contribution in [0.2, 0.25) is 0 Å². The summed E-state index contributed by atoms with van der Waals surface area (Å²) < 4.78 is 35.4. The van der Waals surface area contributed by atoms with E-state index in [1.807, 2.05) is 0 Å². The molecule has 50 heavy (non-hydrogen) atoms. The van der Waals surface area contributed by atoms with E-state index in [1.165, 1.54) is 0 Å². The van der Waals surface area contributed by atoms with Crippen molar-refractivity contribution in [2.24, 2.45) is 40.1 Å². The summed E-state index contributed by atoms with van der Waals surface area (Å²) in [5.41, 5.74) is 41.3. The molecule has 3 saturated heterocycles. The second kappa shape index (κ2) is 17.8. The molecule has 0 unspecified atom stereocenters. The van der Waals surface area contributed by atoms with Crippen molar-refractivity contribution >= 4 is 11.8 Å². The number of nitrogens with one attached hydrogen (secondary N) is 2. The fourth-order valence-corrected chi connectivity index (χ4v) is 6.29. The lowest BCUT2D eigenvalue weighted by molar-refractivity contribution is -0.306. The van der Waals surface area contributed by atoms with Crippen molar-refractivity contribution in [2.75, 3.05) is 32.7 Å². The SMILES string of the molecule is NCC(=O)NCC(=O)NC[C@H]1O[C@@H](O[C@@H]2[C@@H](O)[C@H](N)C[C@H](N)[C@H]2O[C@H]2O[C@H](CN)[C@@H](O)[C@H](O)[C@H]2N)[C@H](O)[C@@H]1O[C@H]1O[C@@H](CN)[C@@H](O)[C@H](O)[C@H]1N. The molecule has 3 aliphatic heterocycles. The maximum atomic E-state index is 12.5. The molecule has 290 valence electrons. The van der Waals surface area contributed by atoms with Gasteiger partial charge in [-0.1, -0.05) is 0 Å². The molecule has 0 bridgehead atoms. The highest BCUT2D eigenvalue weighted by molar-refractivity contribution is 5.85. The van der Waals surface area contributed by atoms with Crippen LogP contribution in [0.15, 0.2) is 0 Å². The molecule has 0 radical (unpaired) electrons. The van der Waals surface area contributed by atoms with Crippen LogP contribution >= 0.6 is 0 Å². The van der Waals surface area contributed by atoms with Gasteiger partial charge < -0.3 is 110 Å². The molecule has 23 nitrogen and oxygen atoms in total. The van der Waals surface area contributed by atoms with Gasteiger partial charge in [0, 0.05) is 31.7 Å². The molecule has 4 rings (SSSR count). The molecular weight excluding hydrogens is 674 g/mol. The second-order valence-electron chi connectivity index (χ2n) is 12.8. The minimum absolute atomic E-state index is 0.0434. The molecule has 4 aliphatic rings. The Kier molecular flexibility index (Phi) is 14.6. The van der Waals surface area contributed by atoms with Gasteiger partial charge in [0.05, 0.1) is 31.3 Å². The van der Waals surface area contributed by atoms with Gasteiger partial charge in [-0.05, 0) is 6.42 Å². The number of nitrogens with two attached hydrogens (primary N) is 7. The highest BCUT2D eigenvalue weighted by Gasteiger charge is 2.54. The molecule has 1 saturated carbocycles. The number of aliphatic hydroxyl groups excluding tert-OH is 6. The summed E-state index contributed by atoms with van der Waals surface area (Å²) in [5, 5.41) is 69.0. The van der Waals surface area contributed by atoms with Gasteiger partial charge in [-0.15, -0.1) is 0 Å². The van der Waals surface area contributed by atoms with Crippen molar-refractivity contribution < 1.29 is 68.6 Å². The number of ether oxygens (including phenoxy) is 6. The van der Waals surface area contributed by atoms with Crippen LogP contribution in [-0.2, 0) is 38.0 Å². The van der Waals surface area contributed by atoms with Crippen LogP contribution in [0, 0.1) is 0 Å². The predicted molar refractivity (Wildman–Crippen MR) is 166 cm³/mol. The molecule has 0 aromatic carbocycles. The van der Waals surface area contributed by atoms with Crippen LogP contribution in [0.3, 0.4) is 0 Å². The largest absolute Gasteiger partial charge is 0.389 e. The van der Waals surface area contributed by atoms with Crippen molar-refractivity contribution in [3.63, 3.8) is 0 Å². The normalized spacial score (nSPS) is 46.8. The molecule has 4 fully saturated rings. The number of amides is 2. The third-order valence-corrected chi connectivity index (χ3v) is 9.32. The topological polar surface area (TPSA) is 417 Å². The number of hydrogen-bond donors (Lipinski definition) is 15. The van der Waals surface area contributed by atoms with E-state index in [-0.39, 0.29) is 32.6 Å². The van der Waals surface area contributed by atoms with Gasteiger partial charge >= 0.3 is 0 Å². The summed E-state index contributed by atoms with van der Waals surface area (Å²) in [5.74, 6) is -1.23. The van der Waals surface area contributed by atoms with E-state index < -0.39 is 135 Å².